The lowest BCUT2D eigenvalue weighted by Gasteiger charge is -2.06. The Morgan fingerprint density at radius 1 is 1.40 bits per heavy atom. The van der Waals surface area contributed by atoms with Crippen molar-refractivity contribution in [2.24, 2.45) is 0 Å². The predicted octanol–water partition coefficient (Wildman–Crippen LogP) is 3.71. The van der Waals surface area contributed by atoms with E-state index in [0.717, 1.165) is 11.4 Å². The maximum atomic E-state index is 5.95. The van der Waals surface area contributed by atoms with Gasteiger partial charge in [-0.3, -0.25) is 0 Å². The summed E-state index contributed by atoms with van der Waals surface area (Å²) in [6.45, 7) is 2.19. The number of likely N-dealkylation sites (N-methyl/N-ethyl adjacent to an activating group) is 1. The molecule has 2 aromatic rings. The van der Waals surface area contributed by atoms with Crippen LogP contribution < -0.4 is 5.32 Å². The monoisotopic (exact) mass is 239 g/mol. The van der Waals surface area contributed by atoms with E-state index in [0.29, 0.717) is 6.04 Å². The lowest BCUT2D eigenvalue weighted by atomic mass is 10.2. The molecule has 0 aliphatic rings. The zero-order valence-corrected chi connectivity index (χ0v) is 10.5. The molecule has 1 aromatic carbocycles. The molecule has 0 fully saturated rings. The minimum Gasteiger partial charge on any atom is -0.317 e. The highest BCUT2D eigenvalue weighted by Gasteiger charge is 2.05. The Morgan fingerprint density at radius 2 is 2.20 bits per heavy atom. The molecular weight excluding hydrogens is 226 g/mol. The average Bonchev–Trinajstić information content (AvgIpc) is 2.59. The molecule has 0 spiro atoms. The van der Waals surface area contributed by atoms with E-state index >= 15 is 0 Å². The van der Waals surface area contributed by atoms with E-state index in [1.54, 1.807) is 0 Å². The van der Waals surface area contributed by atoms with E-state index in [2.05, 4.69) is 24.4 Å². The van der Waals surface area contributed by atoms with Gasteiger partial charge in [0.05, 0.1) is 0 Å². The van der Waals surface area contributed by atoms with Crippen molar-refractivity contribution in [2.45, 2.75) is 19.4 Å². The van der Waals surface area contributed by atoms with Gasteiger partial charge in [0.2, 0.25) is 0 Å². The molecule has 0 aliphatic heterocycles. The third-order valence-electron chi connectivity index (χ3n) is 2.53. The van der Waals surface area contributed by atoms with Crippen LogP contribution in [0.2, 0.25) is 5.02 Å². The normalized spacial score (nSPS) is 13.3. The van der Waals surface area contributed by atoms with E-state index in [1.165, 1.54) is 15.0 Å². The Bertz CT molecular complexity index is 464. The van der Waals surface area contributed by atoms with E-state index < -0.39 is 0 Å². The fraction of sp³-hybridized carbons (Fsp3) is 0.333. The van der Waals surface area contributed by atoms with Crippen LogP contribution in [0.15, 0.2) is 24.3 Å². The number of fused-ring (bicyclic) bond motifs is 1. The fourth-order valence-corrected chi connectivity index (χ4v) is 2.93. The Morgan fingerprint density at radius 3 is 2.93 bits per heavy atom. The van der Waals surface area contributed by atoms with Gasteiger partial charge in [-0.05, 0) is 50.0 Å². The molecule has 1 unspecified atom stereocenters. The van der Waals surface area contributed by atoms with Gasteiger partial charge >= 0.3 is 0 Å². The highest BCUT2D eigenvalue weighted by atomic mass is 35.5. The molecule has 1 nitrogen and oxygen atoms in total. The molecule has 0 saturated carbocycles. The minimum absolute atomic E-state index is 0.522. The molecule has 0 bridgehead atoms. The molecule has 1 atom stereocenters. The second-order valence-electron chi connectivity index (χ2n) is 3.79. The first-order valence-electron chi connectivity index (χ1n) is 5.04. The van der Waals surface area contributed by atoms with Crippen molar-refractivity contribution in [3.63, 3.8) is 0 Å². The van der Waals surface area contributed by atoms with E-state index in [4.69, 9.17) is 11.6 Å². The molecule has 1 aromatic heterocycles. The van der Waals surface area contributed by atoms with Gasteiger partial charge in [0, 0.05) is 20.6 Å². The molecular formula is C12H14ClNS. The van der Waals surface area contributed by atoms with Gasteiger partial charge in [0.25, 0.3) is 0 Å². The van der Waals surface area contributed by atoms with Crippen LogP contribution in [0.1, 0.15) is 11.8 Å². The number of rotatable bonds is 3. The summed E-state index contributed by atoms with van der Waals surface area (Å²) >= 11 is 7.80. The maximum Gasteiger partial charge on any atom is 0.0412 e. The summed E-state index contributed by atoms with van der Waals surface area (Å²) in [5.74, 6) is 0. The number of halogens is 1. The van der Waals surface area contributed by atoms with Crippen molar-refractivity contribution in [3.05, 3.63) is 34.2 Å². The molecule has 0 amide bonds. The highest BCUT2D eigenvalue weighted by Crippen LogP contribution is 2.28. The van der Waals surface area contributed by atoms with E-state index in [1.807, 2.05) is 30.5 Å². The number of hydrogen-bond donors (Lipinski definition) is 1. The lowest BCUT2D eigenvalue weighted by molar-refractivity contribution is 0.613. The first-order valence-corrected chi connectivity index (χ1v) is 6.23. The summed E-state index contributed by atoms with van der Waals surface area (Å²) < 4.78 is 1.32. The quantitative estimate of drug-likeness (QED) is 0.861. The molecule has 3 heteroatoms. The maximum absolute atomic E-state index is 5.95. The second-order valence-corrected chi connectivity index (χ2v) is 5.39. The predicted molar refractivity (Wildman–Crippen MR) is 69.1 cm³/mol. The number of thiophene rings is 1. The van der Waals surface area contributed by atoms with Crippen LogP contribution in [-0.4, -0.2) is 13.1 Å². The minimum atomic E-state index is 0.522. The lowest BCUT2D eigenvalue weighted by Crippen LogP contribution is -2.22. The van der Waals surface area contributed by atoms with Crippen LogP contribution in [-0.2, 0) is 6.42 Å². The summed E-state index contributed by atoms with van der Waals surface area (Å²) in [7, 11) is 1.99. The van der Waals surface area contributed by atoms with Gasteiger partial charge in [-0.1, -0.05) is 11.6 Å². The molecule has 0 radical (unpaired) electrons. The van der Waals surface area contributed by atoms with Gasteiger partial charge in [0.15, 0.2) is 0 Å². The third-order valence-corrected chi connectivity index (χ3v) is 3.90. The molecule has 15 heavy (non-hydrogen) atoms. The fourth-order valence-electron chi connectivity index (χ4n) is 1.57. The van der Waals surface area contributed by atoms with Crippen LogP contribution in [0.5, 0.6) is 0 Å². The largest absolute Gasteiger partial charge is 0.317 e. The van der Waals surface area contributed by atoms with Gasteiger partial charge in [-0.15, -0.1) is 11.3 Å². The van der Waals surface area contributed by atoms with Crippen LogP contribution in [0, 0.1) is 0 Å². The Hall–Kier alpha value is -0.570. The summed E-state index contributed by atoms with van der Waals surface area (Å²) in [5, 5.41) is 5.32. The number of benzene rings is 1. The van der Waals surface area contributed by atoms with Gasteiger partial charge in [-0.2, -0.15) is 0 Å². The first-order chi connectivity index (χ1) is 7.19. The van der Waals surface area contributed by atoms with Gasteiger partial charge in [0.1, 0.15) is 0 Å². The SMILES string of the molecule is CNC(C)Cc1cc2cc(Cl)ccc2s1. The topological polar surface area (TPSA) is 12.0 Å². The van der Waals surface area contributed by atoms with Crippen LogP contribution in [0.3, 0.4) is 0 Å². The van der Waals surface area contributed by atoms with Crippen LogP contribution >= 0.6 is 22.9 Å². The average molecular weight is 240 g/mol. The molecule has 1 N–H and O–H groups in total. The summed E-state index contributed by atoms with van der Waals surface area (Å²) in [6, 6.07) is 8.83. The van der Waals surface area contributed by atoms with Crippen molar-refractivity contribution in [3.8, 4) is 0 Å². The summed E-state index contributed by atoms with van der Waals surface area (Å²) in [6.07, 6.45) is 1.08. The van der Waals surface area contributed by atoms with Crippen molar-refractivity contribution in [1.29, 1.82) is 0 Å². The van der Waals surface area contributed by atoms with Crippen molar-refractivity contribution in [1.82, 2.24) is 5.32 Å². The highest BCUT2D eigenvalue weighted by molar-refractivity contribution is 7.19. The first kappa shape index (κ1) is 10.9. The zero-order chi connectivity index (χ0) is 10.8. The molecule has 2 rings (SSSR count). The standard InChI is InChI=1S/C12H14ClNS/c1-8(14-2)5-11-7-9-6-10(13)3-4-12(9)15-11/h3-4,6-8,14H,5H2,1-2H3. The number of nitrogens with one attached hydrogen (secondary N) is 1. The second kappa shape index (κ2) is 4.52. The molecule has 80 valence electrons. The molecule has 0 saturated heterocycles. The van der Waals surface area contributed by atoms with Gasteiger partial charge in [-0.25, -0.2) is 0 Å². The van der Waals surface area contributed by atoms with Gasteiger partial charge < -0.3 is 5.32 Å². The third kappa shape index (κ3) is 2.51. The smallest absolute Gasteiger partial charge is 0.0412 e. The summed E-state index contributed by atoms with van der Waals surface area (Å²) in [5.41, 5.74) is 0. The van der Waals surface area contributed by atoms with E-state index in [9.17, 15) is 0 Å². The molecule has 0 aliphatic carbocycles. The Balaban J connectivity index is 2.30. The van der Waals surface area contributed by atoms with E-state index in [-0.39, 0.29) is 0 Å². The zero-order valence-electron chi connectivity index (χ0n) is 8.88. The van der Waals surface area contributed by atoms with Crippen LogP contribution in [0.4, 0.5) is 0 Å². The van der Waals surface area contributed by atoms with Crippen molar-refractivity contribution < 1.29 is 0 Å². The molecule has 1 heterocycles. The van der Waals surface area contributed by atoms with Crippen molar-refractivity contribution >= 4 is 33.0 Å². The Kier molecular flexibility index (Phi) is 3.29. The van der Waals surface area contributed by atoms with Crippen molar-refractivity contribution in [2.75, 3.05) is 7.05 Å². The Labute approximate surface area is 99.1 Å². The summed E-state index contributed by atoms with van der Waals surface area (Å²) in [4.78, 5) is 1.41. The van der Waals surface area contributed by atoms with Crippen LogP contribution in [0.25, 0.3) is 10.1 Å². The number of hydrogen-bond acceptors (Lipinski definition) is 2.